The smallest absolute Gasteiger partial charge is 0.323 e. The van der Waals surface area contributed by atoms with Crippen LogP contribution in [0.1, 0.15) is 0 Å². The molecule has 2 amide bonds. The van der Waals surface area contributed by atoms with E-state index in [2.05, 4.69) is 15.2 Å². The molecule has 25 heavy (non-hydrogen) atoms. The third-order valence-electron chi connectivity index (χ3n) is 4.00. The second-order valence-corrected chi connectivity index (χ2v) is 5.76. The Labute approximate surface area is 146 Å². The van der Waals surface area contributed by atoms with Crippen molar-refractivity contribution < 1.29 is 14.6 Å². The number of hydrogen-bond acceptors (Lipinski definition) is 5. The molecule has 1 saturated heterocycles. The molecule has 2 aromatic rings. The van der Waals surface area contributed by atoms with Crippen LogP contribution < -0.4 is 10.1 Å². The van der Waals surface area contributed by atoms with Crippen LogP contribution in [0.4, 0.5) is 10.6 Å². The molecule has 132 valence electrons. The first-order valence-corrected chi connectivity index (χ1v) is 8.34. The number of urea groups is 1. The number of carbonyl (C=O) groups is 1. The Kier molecular flexibility index (Phi) is 5.81. The van der Waals surface area contributed by atoms with E-state index in [1.54, 1.807) is 23.1 Å². The maximum Gasteiger partial charge on any atom is 0.323 e. The number of nitrogens with zero attached hydrogens (tertiary/aromatic N) is 3. The number of carbonyl (C=O) groups excluding carboxylic acids is 1. The number of anilines is 1. The van der Waals surface area contributed by atoms with Crippen LogP contribution in [-0.4, -0.2) is 65.3 Å². The normalized spacial score (nSPS) is 15.0. The van der Waals surface area contributed by atoms with Crippen molar-refractivity contribution in [1.29, 1.82) is 0 Å². The lowest BCUT2D eigenvalue weighted by atomic mass is 10.3. The molecule has 0 bridgehead atoms. The van der Waals surface area contributed by atoms with E-state index in [0.29, 0.717) is 37.1 Å². The molecule has 3 rings (SSSR count). The van der Waals surface area contributed by atoms with Crippen LogP contribution in [0.2, 0.25) is 0 Å². The topological polar surface area (TPSA) is 77.9 Å². The maximum atomic E-state index is 12.4. The van der Waals surface area contributed by atoms with Gasteiger partial charge in [0.05, 0.1) is 6.61 Å². The number of piperazine rings is 1. The molecule has 1 fully saturated rings. The van der Waals surface area contributed by atoms with Gasteiger partial charge in [-0.05, 0) is 18.2 Å². The number of aliphatic hydroxyl groups is 1. The van der Waals surface area contributed by atoms with Gasteiger partial charge in [0.25, 0.3) is 0 Å². The van der Waals surface area contributed by atoms with Crippen molar-refractivity contribution in [2.45, 2.75) is 0 Å². The van der Waals surface area contributed by atoms with Crippen molar-refractivity contribution in [2.75, 3.05) is 44.6 Å². The van der Waals surface area contributed by atoms with Crippen molar-refractivity contribution in [1.82, 2.24) is 14.8 Å². The van der Waals surface area contributed by atoms with Gasteiger partial charge in [-0.3, -0.25) is 10.2 Å². The summed E-state index contributed by atoms with van der Waals surface area (Å²) in [6.45, 7) is 3.58. The van der Waals surface area contributed by atoms with E-state index < -0.39 is 0 Å². The molecule has 1 aliphatic rings. The summed E-state index contributed by atoms with van der Waals surface area (Å²) in [4.78, 5) is 20.6. The van der Waals surface area contributed by atoms with E-state index in [-0.39, 0.29) is 12.6 Å². The van der Waals surface area contributed by atoms with Gasteiger partial charge in [0.2, 0.25) is 5.88 Å². The highest BCUT2D eigenvalue weighted by atomic mass is 16.5. The average Bonchev–Trinajstić information content (AvgIpc) is 2.64. The molecule has 0 spiro atoms. The first kappa shape index (κ1) is 17.2. The quantitative estimate of drug-likeness (QED) is 0.869. The van der Waals surface area contributed by atoms with Crippen molar-refractivity contribution in [3.8, 4) is 11.6 Å². The summed E-state index contributed by atoms with van der Waals surface area (Å²) < 4.78 is 5.68. The summed E-state index contributed by atoms with van der Waals surface area (Å²) >= 11 is 0. The molecule has 7 heteroatoms. The van der Waals surface area contributed by atoms with Gasteiger partial charge in [0.1, 0.15) is 11.6 Å². The number of β-amino-alcohol motifs (C(OH)–C–C–N with tert-alkyl or cyclic N) is 1. The van der Waals surface area contributed by atoms with E-state index in [9.17, 15) is 4.79 Å². The average molecular weight is 342 g/mol. The number of nitrogens with one attached hydrogen (secondary N) is 1. The van der Waals surface area contributed by atoms with Crippen LogP contribution >= 0.6 is 0 Å². The lowest BCUT2D eigenvalue weighted by Gasteiger charge is -2.34. The summed E-state index contributed by atoms with van der Waals surface area (Å²) in [5.74, 6) is 1.58. The number of aliphatic hydroxyl groups excluding tert-OH is 1. The standard InChI is InChI=1S/C18H22N4O3/c23-14-13-21-9-11-22(12-10-21)18(24)20-16-7-4-8-17(19-16)25-15-5-2-1-3-6-15/h1-8,23H,9-14H2,(H,19,20,24). The van der Waals surface area contributed by atoms with E-state index in [4.69, 9.17) is 9.84 Å². The molecule has 0 aliphatic carbocycles. The molecule has 0 saturated carbocycles. The highest BCUT2D eigenvalue weighted by Gasteiger charge is 2.21. The molecule has 0 unspecified atom stereocenters. The van der Waals surface area contributed by atoms with Gasteiger partial charge < -0.3 is 14.7 Å². The number of hydrogen-bond donors (Lipinski definition) is 2. The fourth-order valence-corrected chi connectivity index (χ4v) is 2.66. The number of para-hydroxylation sites is 1. The zero-order valence-corrected chi connectivity index (χ0v) is 14.0. The molecule has 0 atom stereocenters. The van der Waals surface area contributed by atoms with E-state index >= 15 is 0 Å². The molecular weight excluding hydrogens is 320 g/mol. The number of pyridine rings is 1. The summed E-state index contributed by atoms with van der Waals surface area (Å²) in [5.41, 5.74) is 0. The second kappa shape index (κ2) is 8.46. The van der Waals surface area contributed by atoms with Crippen molar-refractivity contribution in [3.05, 3.63) is 48.5 Å². The van der Waals surface area contributed by atoms with Crippen molar-refractivity contribution in [3.63, 3.8) is 0 Å². The van der Waals surface area contributed by atoms with Gasteiger partial charge in [0, 0.05) is 38.8 Å². The molecule has 1 aromatic carbocycles. The predicted octanol–water partition coefficient (Wildman–Crippen LogP) is 2.02. The second-order valence-electron chi connectivity index (χ2n) is 5.76. The summed E-state index contributed by atoms with van der Waals surface area (Å²) in [6.07, 6.45) is 0. The first-order valence-electron chi connectivity index (χ1n) is 8.34. The summed E-state index contributed by atoms with van der Waals surface area (Å²) in [6, 6.07) is 14.5. The number of ether oxygens (including phenoxy) is 1. The SMILES string of the molecule is O=C(Nc1cccc(Oc2ccccc2)n1)N1CCN(CCO)CC1. The third kappa shape index (κ3) is 4.91. The van der Waals surface area contributed by atoms with Gasteiger partial charge in [-0.15, -0.1) is 0 Å². The summed E-state index contributed by atoms with van der Waals surface area (Å²) in [7, 11) is 0. The number of aromatic nitrogens is 1. The Balaban J connectivity index is 1.56. The van der Waals surface area contributed by atoms with Crippen LogP contribution in [0.5, 0.6) is 11.6 Å². The van der Waals surface area contributed by atoms with Gasteiger partial charge in [-0.1, -0.05) is 24.3 Å². The van der Waals surface area contributed by atoms with Crippen LogP contribution in [0.3, 0.4) is 0 Å². The monoisotopic (exact) mass is 342 g/mol. The lowest BCUT2D eigenvalue weighted by Crippen LogP contribution is -2.50. The Morgan fingerprint density at radius 3 is 2.56 bits per heavy atom. The van der Waals surface area contributed by atoms with E-state index in [0.717, 1.165) is 13.1 Å². The van der Waals surface area contributed by atoms with E-state index in [1.165, 1.54) is 0 Å². The van der Waals surface area contributed by atoms with Gasteiger partial charge in [-0.2, -0.15) is 4.98 Å². The first-order chi connectivity index (χ1) is 12.2. The van der Waals surface area contributed by atoms with Crippen molar-refractivity contribution in [2.24, 2.45) is 0 Å². The maximum absolute atomic E-state index is 12.4. The lowest BCUT2D eigenvalue weighted by molar-refractivity contribution is 0.127. The fourth-order valence-electron chi connectivity index (χ4n) is 2.66. The molecule has 1 aliphatic heterocycles. The highest BCUT2D eigenvalue weighted by Crippen LogP contribution is 2.20. The molecule has 2 N–H and O–H groups in total. The van der Waals surface area contributed by atoms with E-state index in [1.807, 2.05) is 30.3 Å². The Bertz CT molecular complexity index is 688. The minimum Gasteiger partial charge on any atom is -0.439 e. The number of rotatable bonds is 5. The predicted molar refractivity (Wildman–Crippen MR) is 94.9 cm³/mol. The van der Waals surface area contributed by atoms with Crippen LogP contribution in [0, 0.1) is 0 Å². The molecule has 0 radical (unpaired) electrons. The molecular formula is C18H22N4O3. The van der Waals surface area contributed by atoms with Gasteiger partial charge >= 0.3 is 6.03 Å². The zero-order chi connectivity index (χ0) is 17.5. The highest BCUT2D eigenvalue weighted by molar-refractivity contribution is 5.88. The minimum absolute atomic E-state index is 0.143. The molecule has 2 heterocycles. The largest absolute Gasteiger partial charge is 0.439 e. The van der Waals surface area contributed by atoms with Gasteiger partial charge in [-0.25, -0.2) is 4.79 Å². The Morgan fingerprint density at radius 1 is 1.08 bits per heavy atom. The van der Waals surface area contributed by atoms with Crippen LogP contribution in [0.25, 0.3) is 0 Å². The Hall–Kier alpha value is -2.64. The van der Waals surface area contributed by atoms with Gasteiger partial charge in [0.15, 0.2) is 0 Å². The third-order valence-corrected chi connectivity index (χ3v) is 4.00. The fraction of sp³-hybridized carbons (Fsp3) is 0.333. The Morgan fingerprint density at radius 2 is 1.84 bits per heavy atom. The number of amides is 2. The zero-order valence-electron chi connectivity index (χ0n) is 14.0. The minimum atomic E-state index is -0.173. The summed E-state index contributed by atoms with van der Waals surface area (Å²) in [5, 5.41) is 11.8. The molecule has 1 aromatic heterocycles. The van der Waals surface area contributed by atoms with Crippen LogP contribution in [0.15, 0.2) is 48.5 Å². The molecule has 7 nitrogen and oxygen atoms in total. The van der Waals surface area contributed by atoms with Crippen molar-refractivity contribution >= 4 is 11.8 Å². The number of benzene rings is 1. The van der Waals surface area contributed by atoms with Crippen LogP contribution in [-0.2, 0) is 0 Å².